The van der Waals surface area contributed by atoms with Gasteiger partial charge < -0.3 is 9.72 Å². The number of halogens is 2. The van der Waals surface area contributed by atoms with E-state index in [0.29, 0.717) is 21.5 Å². The number of rotatable bonds is 5. The topological polar surface area (TPSA) is 66.5 Å². The molecule has 110 valence electrons. The summed E-state index contributed by atoms with van der Waals surface area (Å²) >= 11 is 11.7. The number of amides is 1. The van der Waals surface area contributed by atoms with Gasteiger partial charge in [0.1, 0.15) is 5.75 Å². The number of hydrogen-bond acceptors (Lipinski definition) is 3. The SMILES string of the molecule is C/C(=N\NC(=O)COc1ccc(Cl)cc1Cl)c1ccc[nH]1. The highest BCUT2D eigenvalue weighted by Gasteiger charge is 2.06. The van der Waals surface area contributed by atoms with E-state index in [1.165, 1.54) is 0 Å². The molecule has 0 aliphatic carbocycles. The first-order chi connectivity index (χ1) is 10.1. The maximum Gasteiger partial charge on any atom is 0.277 e. The van der Waals surface area contributed by atoms with Gasteiger partial charge in [-0.2, -0.15) is 5.10 Å². The van der Waals surface area contributed by atoms with Crippen LogP contribution >= 0.6 is 23.2 Å². The van der Waals surface area contributed by atoms with Crippen molar-refractivity contribution in [2.24, 2.45) is 5.10 Å². The van der Waals surface area contributed by atoms with Gasteiger partial charge in [0, 0.05) is 11.2 Å². The van der Waals surface area contributed by atoms with Crippen molar-refractivity contribution in [3.8, 4) is 5.75 Å². The zero-order valence-corrected chi connectivity index (χ0v) is 12.7. The fourth-order valence-electron chi connectivity index (χ4n) is 1.53. The summed E-state index contributed by atoms with van der Waals surface area (Å²) in [6, 6.07) is 8.49. The molecule has 0 saturated carbocycles. The molecule has 21 heavy (non-hydrogen) atoms. The first-order valence-corrected chi connectivity index (χ1v) is 6.86. The fourth-order valence-corrected chi connectivity index (χ4v) is 1.99. The number of hydrogen-bond donors (Lipinski definition) is 2. The van der Waals surface area contributed by atoms with Crippen molar-refractivity contribution in [2.45, 2.75) is 6.92 Å². The van der Waals surface area contributed by atoms with E-state index in [-0.39, 0.29) is 12.5 Å². The lowest BCUT2D eigenvalue weighted by atomic mass is 10.3. The lowest BCUT2D eigenvalue weighted by molar-refractivity contribution is -0.123. The van der Waals surface area contributed by atoms with E-state index in [1.54, 1.807) is 31.3 Å². The Morgan fingerprint density at radius 2 is 2.19 bits per heavy atom. The Balaban J connectivity index is 1.86. The molecule has 1 aromatic heterocycles. The van der Waals surface area contributed by atoms with E-state index in [9.17, 15) is 4.79 Å². The normalized spacial score (nSPS) is 11.3. The van der Waals surface area contributed by atoms with Crippen LogP contribution in [-0.2, 0) is 4.79 Å². The van der Waals surface area contributed by atoms with Crippen molar-refractivity contribution in [1.29, 1.82) is 0 Å². The average molecular weight is 326 g/mol. The number of aromatic nitrogens is 1. The molecule has 0 unspecified atom stereocenters. The van der Waals surface area contributed by atoms with Gasteiger partial charge in [0.25, 0.3) is 5.91 Å². The molecule has 1 heterocycles. The Morgan fingerprint density at radius 3 is 2.86 bits per heavy atom. The van der Waals surface area contributed by atoms with Gasteiger partial charge in [-0.25, -0.2) is 5.43 Å². The highest BCUT2D eigenvalue weighted by atomic mass is 35.5. The summed E-state index contributed by atoms with van der Waals surface area (Å²) in [4.78, 5) is 14.6. The Hall–Kier alpha value is -1.98. The van der Waals surface area contributed by atoms with Gasteiger partial charge in [-0.15, -0.1) is 0 Å². The van der Waals surface area contributed by atoms with E-state index in [2.05, 4.69) is 15.5 Å². The highest BCUT2D eigenvalue weighted by Crippen LogP contribution is 2.27. The maximum atomic E-state index is 11.6. The van der Waals surface area contributed by atoms with Crippen molar-refractivity contribution >= 4 is 34.8 Å². The van der Waals surface area contributed by atoms with Gasteiger partial charge in [0.05, 0.1) is 16.4 Å². The number of aromatic amines is 1. The molecule has 2 aromatic rings. The Kier molecular flexibility index (Phi) is 5.25. The summed E-state index contributed by atoms with van der Waals surface area (Å²) < 4.78 is 5.30. The number of carbonyl (C=O) groups is 1. The fraction of sp³-hybridized carbons (Fsp3) is 0.143. The second-order valence-electron chi connectivity index (χ2n) is 4.18. The van der Waals surface area contributed by atoms with Gasteiger partial charge in [0.15, 0.2) is 6.61 Å². The molecule has 0 radical (unpaired) electrons. The summed E-state index contributed by atoms with van der Waals surface area (Å²) in [5, 5.41) is 4.82. The van der Waals surface area contributed by atoms with Crippen LogP contribution in [0.15, 0.2) is 41.6 Å². The average Bonchev–Trinajstić information content (AvgIpc) is 2.98. The number of nitrogens with zero attached hydrogens (tertiary/aromatic N) is 1. The summed E-state index contributed by atoms with van der Waals surface area (Å²) in [7, 11) is 0. The first kappa shape index (κ1) is 15.4. The van der Waals surface area contributed by atoms with Crippen LogP contribution in [0.1, 0.15) is 12.6 Å². The number of benzene rings is 1. The van der Waals surface area contributed by atoms with Gasteiger partial charge in [-0.1, -0.05) is 23.2 Å². The van der Waals surface area contributed by atoms with Crippen LogP contribution in [0.5, 0.6) is 5.75 Å². The van der Waals surface area contributed by atoms with E-state index in [0.717, 1.165) is 5.69 Å². The molecule has 0 bridgehead atoms. The van der Waals surface area contributed by atoms with Crippen LogP contribution in [0.25, 0.3) is 0 Å². The Bertz CT molecular complexity index is 654. The summed E-state index contributed by atoms with van der Waals surface area (Å²) in [6.45, 7) is 1.59. The van der Waals surface area contributed by atoms with Crippen LogP contribution in [0.3, 0.4) is 0 Å². The lowest BCUT2D eigenvalue weighted by Crippen LogP contribution is -2.25. The molecule has 0 aliphatic rings. The van der Waals surface area contributed by atoms with Crippen LogP contribution in [0, 0.1) is 0 Å². The number of nitrogens with one attached hydrogen (secondary N) is 2. The van der Waals surface area contributed by atoms with Crippen LogP contribution < -0.4 is 10.2 Å². The van der Waals surface area contributed by atoms with Crippen molar-refractivity contribution < 1.29 is 9.53 Å². The molecule has 7 heteroatoms. The third-order valence-electron chi connectivity index (χ3n) is 2.59. The number of carbonyl (C=O) groups excluding carboxylic acids is 1. The monoisotopic (exact) mass is 325 g/mol. The second-order valence-corrected chi connectivity index (χ2v) is 5.02. The molecule has 0 aliphatic heterocycles. The predicted octanol–water partition coefficient (Wildman–Crippen LogP) is 3.24. The van der Waals surface area contributed by atoms with Crippen LogP contribution in [0.4, 0.5) is 0 Å². The lowest BCUT2D eigenvalue weighted by Gasteiger charge is -2.07. The molecular formula is C14H13Cl2N3O2. The zero-order chi connectivity index (χ0) is 15.2. The van der Waals surface area contributed by atoms with E-state index in [4.69, 9.17) is 27.9 Å². The number of hydrazone groups is 1. The Morgan fingerprint density at radius 1 is 1.38 bits per heavy atom. The quantitative estimate of drug-likeness (QED) is 0.654. The third-order valence-corrected chi connectivity index (χ3v) is 3.12. The molecule has 5 nitrogen and oxygen atoms in total. The van der Waals surface area contributed by atoms with Gasteiger partial charge >= 0.3 is 0 Å². The van der Waals surface area contributed by atoms with Crippen LogP contribution in [0.2, 0.25) is 10.0 Å². The standard InChI is InChI=1S/C14H13Cl2N3O2/c1-9(12-3-2-6-17-12)18-19-14(20)8-21-13-5-4-10(15)7-11(13)16/h2-7,17H,8H2,1H3,(H,19,20)/b18-9+. The first-order valence-electron chi connectivity index (χ1n) is 6.11. The largest absolute Gasteiger partial charge is 0.482 e. The van der Waals surface area contributed by atoms with Gasteiger partial charge in [-0.05, 0) is 37.3 Å². The highest BCUT2D eigenvalue weighted by molar-refractivity contribution is 6.35. The smallest absolute Gasteiger partial charge is 0.277 e. The molecular weight excluding hydrogens is 313 g/mol. The number of H-pyrrole nitrogens is 1. The second kappa shape index (κ2) is 7.15. The van der Waals surface area contributed by atoms with Crippen molar-refractivity contribution in [2.75, 3.05) is 6.61 Å². The van der Waals surface area contributed by atoms with Gasteiger partial charge in [-0.3, -0.25) is 4.79 Å². The molecule has 1 amide bonds. The zero-order valence-electron chi connectivity index (χ0n) is 11.2. The van der Waals surface area contributed by atoms with Crippen molar-refractivity contribution in [1.82, 2.24) is 10.4 Å². The summed E-state index contributed by atoms with van der Waals surface area (Å²) in [5.41, 5.74) is 3.90. The minimum atomic E-state index is -0.382. The van der Waals surface area contributed by atoms with E-state index in [1.807, 2.05) is 12.1 Å². The molecule has 0 saturated heterocycles. The maximum absolute atomic E-state index is 11.6. The molecule has 0 fully saturated rings. The molecule has 0 spiro atoms. The summed E-state index contributed by atoms with van der Waals surface area (Å²) in [5.74, 6) is 0.00760. The molecule has 1 aromatic carbocycles. The van der Waals surface area contributed by atoms with E-state index >= 15 is 0 Å². The molecule has 2 N–H and O–H groups in total. The number of ether oxygens (including phenoxy) is 1. The Labute approximate surface area is 131 Å². The minimum Gasteiger partial charge on any atom is -0.482 e. The predicted molar refractivity (Wildman–Crippen MR) is 83.1 cm³/mol. The van der Waals surface area contributed by atoms with Crippen LogP contribution in [-0.4, -0.2) is 23.2 Å². The van der Waals surface area contributed by atoms with E-state index < -0.39 is 0 Å². The van der Waals surface area contributed by atoms with Crippen molar-refractivity contribution in [3.63, 3.8) is 0 Å². The third kappa shape index (κ3) is 4.51. The van der Waals surface area contributed by atoms with Crippen molar-refractivity contribution in [3.05, 3.63) is 52.3 Å². The van der Waals surface area contributed by atoms with Gasteiger partial charge in [0.2, 0.25) is 0 Å². The minimum absolute atomic E-state index is 0.192. The summed E-state index contributed by atoms with van der Waals surface area (Å²) in [6.07, 6.45) is 1.78. The molecule has 2 rings (SSSR count). The molecule has 0 atom stereocenters.